The molecule has 2 N–H and O–H groups in total. The molecule has 0 saturated heterocycles. The molecule has 6 heteroatoms. The second kappa shape index (κ2) is 8.60. The average Bonchev–Trinajstić information content (AvgIpc) is 2.73. The van der Waals surface area contributed by atoms with Crippen molar-refractivity contribution >= 4 is 21.7 Å². The zero-order valence-corrected chi connectivity index (χ0v) is 19.1. The van der Waals surface area contributed by atoms with Crippen LogP contribution in [0.4, 0.5) is 0 Å². The second-order valence-electron chi connectivity index (χ2n) is 7.89. The molecule has 0 radical (unpaired) electrons. The van der Waals surface area contributed by atoms with Gasteiger partial charge in [-0.05, 0) is 70.6 Å². The molecule has 0 saturated carbocycles. The van der Waals surface area contributed by atoms with Crippen molar-refractivity contribution in [1.29, 1.82) is 5.26 Å². The Morgan fingerprint density at radius 3 is 2.74 bits per heavy atom. The van der Waals surface area contributed by atoms with Gasteiger partial charge in [0.15, 0.2) is 5.78 Å². The summed E-state index contributed by atoms with van der Waals surface area (Å²) in [6.07, 6.45) is 1.84. The van der Waals surface area contributed by atoms with E-state index in [2.05, 4.69) is 28.1 Å². The number of nitrogens with zero attached hydrogens (tertiary/aromatic N) is 1. The fraction of sp³-hybridized carbons (Fsp3) is 0.280. The first-order valence-corrected chi connectivity index (χ1v) is 11.0. The van der Waals surface area contributed by atoms with Crippen molar-refractivity contribution in [2.75, 3.05) is 0 Å². The third-order valence-electron chi connectivity index (χ3n) is 5.86. The van der Waals surface area contributed by atoms with Gasteiger partial charge in [0.05, 0.1) is 10.4 Å². The standard InChI is InChI=1S/C25H23BrN2O3/c1-14-10-15(2)17(11-16(14)13-30-21-8-4-3-6-19(21)26)23-18(12-27)25(28)31-22-9-5-7-20(29)24(22)23/h3-4,6,8,10-11,23H,5,7,9,13,28H2,1-2H3/t23-/m1/s1. The van der Waals surface area contributed by atoms with E-state index in [-0.39, 0.29) is 11.7 Å². The van der Waals surface area contributed by atoms with Crippen molar-refractivity contribution in [3.05, 3.63) is 85.9 Å². The molecule has 0 fully saturated rings. The summed E-state index contributed by atoms with van der Waals surface area (Å²) < 4.78 is 12.6. The average molecular weight is 479 g/mol. The fourth-order valence-corrected chi connectivity index (χ4v) is 4.67. The number of allylic oxidation sites excluding steroid dienone is 3. The molecule has 0 aromatic heterocycles. The quantitative estimate of drug-likeness (QED) is 0.630. The van der Waals surface area contributed by atoms with Crippen LogP contribution in [0.5, 0.6) is 5.75 Å². The molecular weight excluding hydrogens is 456 g/mol. The van der Waals surface area contributed by atoms with Gasteiger partial charge in [0.1, 0.15) is 29.8 Å². The van der Waals surface area contributed by atoms with Crippen molar-refractivity contribution in [3.63, 3.8) is 0 Å². The molecule has 2 aromatic carbocycles. The van der Waals surface area contributed by atoms with Crippen LogP contribution in [0.1, 0.15) is 47.4 Å². The zero-order valence-electron chi connectivity index (χ0n) is 17.5. The Morgan fingerprint density at radius 1 is 1.23 bits per heavy atom. The minimum Gasteiger partial charge on any atom is -0.488 e. The number of nitriles is 1. The summed E-state index contributed by atoms with van der Waals surface area (Å²) in [5, 5.41) is 9.84. The maximum atomic E-state index is 12.9. The highest BCUT2D eigenvalue weighted by Gasteiger charge is 2.38. The first-order valence-electron chi connectivity index (χ1n) is 10.2. The maximum absolute atomic E-state index is 12.9. The molecule has 4 rings (SSSR count). The highest BCUT2D eigenvalue weighted by Crippen LogP contribution is 2.44. The molecule has 0 spiro atoms. The molecule has 1 aliphatic carbocycles. The Labute approximate surface area is 190 Å². The van der Waals surface area contributed by atoms with Crippen molar-refractivity contribution in [1.82, 2.24) is 0 Å². The number of carbonyl (C=O) groups is 1. The zero-order chi connectivity index (χ0) is 22.1. The van der Waals surface area contributed by atoms with E-state index in [0.29, 0.717) is 36.4 Å². The number of hydrogen-bond acceptors (Lipinski definition) is 5. The van der Waals surface area contributed by atoms with Crippen LogP contribution in [0, 0.1) is 25.2 Å². The normalized spacial score (nSPS) is 18.4. The Bertz CT molecular complexity index is 1170. The summed E-state index contributed by atoms with van der Waals surface area (Å²) in [6.45, 7) is 4.40. The van der Waals surface area contributed by atoms with E-state index in [1.807, 2.05) is 44.2 Å². The van der Waals surface area contributed by atoms with Gasteiger partial charge in [-0.3, -0.25) is 4.79 Å². The fourth-order valence-electron chi connectivity index (χ4n) is 4.27. The van der Waals surface area contributed by atoms with E-state index in [0.717, 1.165) is 38.9 Å². The number of benzene rings is 2. The van der Waals surface area contributed by atoms with Crippen LogP contribution in [0.25, 0.3) is 0 Å². The van der Waals surface area contributed by atoms with Gasteiger partial charge < -0.3 is 15.2 Å². The lowest BCUT2D eigenvalue weighted by atomic mass is 9.75. The van der Waals surface area contributed by atoms with Crippen LogP contribution in [-0.4, -0.2) is 5.78 Å². The molecule has 0 bridgehead atoms. The SMILES string of the molecule is Cc1cc(C)c([C@@H]2C(C#N)=C(N)OC3=C2C(=O)CCC3)cc1COc1ccccc1Br. The smallest absolute Gasteiger partial charge is 0.205 e. The Balaban J connectivity index is 1.77. The second-order valence-corrected chi connectivity index (χ2v) is 8.75. The summed E-state index contributed by atoms with van der Waals surface area (Å²) in [6, 6.07) is 14.0. The maximum Gasteiger partial charge on any atom is 0.205 e. The van der Waals surface area contributed by atoms with Gasteiger partial charge in [-0.1, -0.05) is 24.3 Å². The monoisotopic (exact) mass is 478 g/mol. The third-order valence-corrected chi connectivity index (χ3v) is 6.52. The van der Waals surface area contributed by atoms with Crippen LogP contribution in [0.2, 0.25) is 0 Å². The minimum absolute atomic E-state index is 0.0255. The minimum atomic E-state index is -0.510. The van der Waals surface area contributed by atoms with Crippen LogP contribution < -0.4 is 10.5 Å². The summed E-state index contributed by atoms with van der Waals surface area (Å²) >= 11 is 3.51. The van der Waals surface area contributed by atoms with Crippen molar-refractivity contribution in [2.45, 2.75) is 45.6 Å². The van der Waals surface area contributed by atoms with Gasteiger partial charge in [-0.15, -0.1) is 0 Å². The number of carbonyl (C=O) groups excluding carboxylic acids is 1. The summed E-state index contributed by atoms with van der Waals surface area (Å²) in [5.74, 6) is 0.960. The van der Waals surface area contributed by atoms with Crippen LogP contribution in [0.15, 0.2) is 63.7 Å². The van der Waals surface area contributed by atoms with E-state index in [1.165, 1.54) is 0 Å². The van der Waals surface area contributed by atoms with Crippen LogP contribution >= 0.6 is 15.9 Å². The molecule has 0 amide bonds. The number of rotatable bonds is 4. The molecule has 1 atom stereocenters. The molecule has 2 aliphatic rings. The van der Waals surface area contributed by atoms with Gasteiger partial charge in [0, 0.05) is 18.4 Å². The number of ether oxygens (including phenoxy) is 2. The van der Waals surface area contributed by atoms with Gasteiger partial charge in [-0.25, -0.2) is 0 Å². The molecule has 2 aromatic rings. The molecule has 5 nitrogen and oxygen atoms in total. The van der Waals surface area contributed by atoms with E-state index < -0.39 is 5.92 Å². The van der Waals surface area contributed by atoms with Gasteiger partial charge in [-0.2, -0.15) is 5.26 Å². The number of ketones is 1. The lowest BCUT2D eigenvalue weighted by Crippen LogP contribution is -2.28. The predicted octanol–water partition coefficient (Wildman–Crippen LogP) is 5.46. The summed E-state index contributed by atoms with van der Waals surface area (Å²) in [7, 11) is 0. The van der Waals surface area contributed by atoms with Crippen molar-refractivity contribution in [2.24, 2.45) is 5.73 Å². The van der Waals surface area contributed by atoms with E-state index >= 15 is 0 Å². The van der Waals surface area contributed by atoms with Crippen molar-refractivity contribution in [3.8, 4) is 11.8 Å². The number of halogens is 1. The topological polar surface area (TPSA) is 85.3 Å². The number of hydrogen-bond donors (Lipinski definition) is 1. The highest BCUT2D eigenvalue weighted by atomic mass is 79.9. The summed E-state index contributed by atoms with van der Waals surface area (Å²) in [5.41, 5.74) is 10.9. The van der Waals surface area contributed by atoms with Crippen LogP contribution in [0.3, 0.4) is 0 Å². The third kappa shape index (κ3) is 3.98. The first kappa shape index (κ1) is 21.2. The highest BCUT2D eigenvalue weighted by molar-refractivity contribution is 9.10. The van der Waals surface area contributed by atoms with Gasteiger partial charge >= 0.3 is 0 Å². The van der Waals surface area contributed by atoms with Crippen molar-refractivity contribution < 1.29 is 14.3 Å². The van der Waals surface area contributed by atoms with E-state index in [9.17, 15) is 10.1 Å². The summed E-state index contributed by atoms with van der Waals surface area (Å²) in [4.78, 5) is 12.9. The number of Topliss-reactive ketones (excluding diaryl/α,β-unsaturated/α-hetero) is 1. The largest absolute Gasteiger partial charge is 0.488 e. The number of para-hydroxylation sites is 1. The molecule has 1 heterocycles. The first-order chi connectivity index (χ1) is 14.9. The Morgan fingerprint density at radius 2 is 2.00 bits per heavy atom. The predicted molar refractivity (Wildman–Crippen MR) is 121 cm³/mol. The van der Waals surface area contributed by atoms with E-state index in [4.69, 9.17) is 15.2 Å². The van der Waals surface area contributed by atoms with Crippen LogP contribution in [-0.2, 0) is 16.1 Å². The molecule has 158 valence electrons. The lowest BCUT2D eigenvalue weighted by molar-refractivity contribution is -0.116. The lowest BCUT2D eigenvalue weighted by Gasteiger charge is -2.32. The molecule has 0 unspecified atom stereocenters. The van der Waals surface area contributed by atoms with Gasteiger partial charge in [0.25, 0.3) is 0 Å². The van der Waals surface area contributed by atoms with Gasteiger partial charge in [0.2, 0.25) is 5.88 Å². The Hall–Kier alpha value is -3.04. The van der Waals surface area contributed by atoms with E-state index in [1.54, 1.807) is 0 Å². The molecule has 31 heavy (non-hydrogen) atoms. The Kier molecular flexibility index (Phi) is 5.88. The number of aryl methyl sites for hydroxylation is 2. The molecular formula is C25H23BrN2O3. The molecule has 1 aliphatic heterocycles. The number of nitrogens with two attached hydrogens (primary N) is 1.